The van der Waals surface area contributed by atoms with Crippen molar-refractivity contribution >= 4 is 15.9 Å². The van der Waals surface area contributed by atoms with Gasteiger partial charge in [-0.2, -0.15) is 0 Å². The van der Waals surface area contributed by atoms with Gasteiger partial charge in [0.15, 0.2) is 0 Å². The largest absolute Gasteiger partial charge is 0.381 e. The van der Waals surface area contributed by atoms with Gasteiger partial charge >= 0.3 is 0 Å². The fourth-order valence-corrected chi connectivity index (χ4v) is 2.27. The smallest absolute Gasteiger partial charge is 0.0622 e. The summed E-state index contributed by atoms with van der Waals surface area (Å²) in [6, 6.07) is 0. The molecule has 1 aliphatic rings. The highest BCUT2D eigenvalue weighted by atomic mass is 79.9. The Kier molecular flexibility index (Phi) is 4.88. The molecular formula is C11H21BrO2. The van der Waals surface area contributed by atoms with Crippen molar-refractivity contribution in [3.05, 3.63) is 0 Å². The first-order valence-corrected chi connectivity index (χ1v) is 6.24. The predicted molar refractivity (Wildman–Crippen MR) is 62.0 cm³/mol. The highest BCUT2D eigenvalue weighted by Gasteiger charge is 2.26. The third-order valence-corrected chi connectivity index (χ3v) is 4.26. The Morgan fingerprint density at radius 1 is 1.50 bits per heavy atom. The Bertz CT molecular complexity index is 171. The SMILES string of the molecule is COC(C)(C)CCC1COCCC1Br. The van der Waals surface area contributed by atoms with Crippen molar-refractivity contribution in [1.29, 1.82) is 0 Å². The molecule has 2 atom stereocenters. The lowest BCUT2D eigenvalue weighted by Gasteiger charge is -2.31. The molecule has 0 aromatic heterocycles. The van der Waals surface area contributed by atoms with Gasteiger partial charge < -0.3 is 9.47 Å². The zero-order valence-corrected chi connectivity index (χ0v) is 11.0. The van der Waals surface area contributed by atoms with E-state index in [1.54, 1.807) is 7.11 Å². The van der Waals surface area contributed by atoms with Gasteiger partial charge in [0.2, 0.25) is 0 Å². The van der Waals surface area contributed by atoms with Gasteiger partial charge in [0.05, 0.1) is 12.2 Å². The van der Waals surface area contributed by atoms with E-state index in [9.17, 15) is 0 Å². The van der Waals surface area contributed by atoms with Gasteiger partial charge in [-0.3, -0.25) is 0 Å². The number of hydrogen-bond donors (Lipinski definition) is 0. The van der Waals surface area contributed by atoms with Crippen molar-refractivity contribution in [3.8, 4) is 0 Å². The van der Waals surface area contributed by atoms with E-state index in [4.69, 9.17) is 9.47 Å². The molecule has 0 amide bonds. The minimum absolute atomic E-state index is 0.00413. The van der Waals surface area contributed by atoms with Crippen LogP contribution in [0.5, 0.6) is 0 Å². The maximum Gasteiger partial charge on any atom is 0.0622 e. The first kappa shape index (κ1) is 12.5. The van der Waals surface area contributed by atoms with E-state index in [1.807, 2.05) is 0 Å². The standard InChI is InChI=1S/C11H21BrO2/c1-11(2,13-3)6-4-9-8-14-7-5-10(9)12/h9-10H,4-8H2,1-3H3. The van der Waals surface area contributed by atoms with E-state index in [1.165, 1.54) is 6.42 Å². The molecule has 1 fully saturated rings. The molecule has 1 saturated heterocycles. The maximum atomic E-state index is 5.48. The third kappa shape index (κ3) is 3.87. The van der Waals surface area contributed by atoms with Crippen molar-refractivity contribution < 1.29 is 9.47 Å². The minimum atomic E-state index is 0.00413. The summed E-state index contributed by atoms with van der Waals surface area (Å²) < 4.78 is 10.9. The second-order valence-corrected chi connectivity index (χ2v) is 5.82. The molecule has 84 valence electrons. The van der Waals surface area contributed by atoms with E-state index < -0.39 is 0 Å². The van der Waals surface area contributed by atoms with Crippen LogP contribution in [0.15, 0.2) is 0 Å². The van der Waals surface area contributed by atoms with Crippen molar-refractivity contribution in [2.24, 2.45) is 5.92 Å². The summed E-state index contributed by atoms with van der Waals surface area (Å²) in [5.74, 6) is 0.651. The Hall–Kier alpha value is 0.400. The number of hydrogen-bond acceptors (Lipinski definition) is 2. The average Bonchev–Trinajstić information content (AvgIpc) is 2.17. The summed E-state index contributed by atoms with van der Waals surface area (Å²) in [6.45, 7) is 6.08. The molecule has 14 heavy (non-hydrogen) atoms. The highest BCUT2D eigenvalue weighted by Crippen LogP contribution is 2.28. The van der Waals surface area contributed by atoms with E-state index >= 15 is 0 Å². The molecule has 0 saturated carbocycles. The van der Waals surface area contributed by atoms with E-state index in [-0.39, 0.29) is 5.60 Å². The van der Waals surface area contributed by atoms with Crippen LogP contribution in [-0.4, -0.2) is 30.8 Å². The summed E-state index contributed by atoms with van der Waals surface area (Å²) >= 11 is 3.72. The molecule has 0 aromatic carbocycles. The number of halogens is 1. The molecule has 0 radical (unpaired) electrons. The van der Waals surface area contributed by atoms with Crippen LogP contribution in [0.25, 0.3) is 0 Å². The summed E-state index contributed by atoms with van der Waals surface area (Å²) in [6.07, 6.45) is 3.41. The van der Waals surface area contributed by atoms with Crippen LogP contribution < -0.4 is 0 Å². The predicted octanol–water partition coefficient (Wildman–Crippen LogP) is 2.99. The lowest BCUT2D eigenvalue weighted by molar-refractivity contribution is -0.00101. The fourth-order valence-electron chi connectivity index (χ4n) is 1.67. The van der Waals surface area contributed by atoms with Crippen LogP contribution in [0.2, 0.25) is 0 Å². The van der Waals surface area contributed by atoms with Gasteiger partial charge in [-0.05, 0) is 39.0 Å². The molecule has 0 aliphatic carbocycles. The van der Waals surface area contributed by atoms with Crippen molar-refractivity contribution in [2.45, 2.75) is 43.5 Å². The molecule has 1 aliphatic heterocycles. The third-order valence-electron chi connectivity index (χ3n) is 3.05. The molecular weight excluding hydrogens is 244 g/mol. The van der Waals surface area contributed by atoms with E-state index in [0.29, 0.717) is 10.7 Å². The Morgan fingerprint density at radius 3 is 2.79 bits per heavy atom. The maximum absolute atomic E-state index is 5.48. The first-order chi connectivity index (χ1) is 6.55. The van der Waals surface area contributed by atoms with Crippen LogP contribution in [0.3, 0.4) is 0 Å². The first-order valence-electron chi connectivity index (χ1n) is 5.32. The van der Waals surface area contributed by atoms with Crippen LogP contribution in [0.1, 0.15) is 33.1 Å². The molecule has 1 rings (SSSR count). The number of rotatable bonds is 4. The van der Waals surface area contributed by atoms with Crippen molar-refractivity contribution in [2.75, 3.05) is 20.3 Å². The van der Waals surface area contributed by atoms with E-state index in [0.717, 1.165) is 26.1 Å². The van der Waals surface area contributed by atoms with Gasteiger partial charge in [-0.25, -0.2) is 0 Å². The normalized spacial score (nSPS) is 29.1. The summed E-state index contributed by atoms with van der Waals surface area (Å²) in [7, 11) is 1.78. The zero-order chi connectivity index (χ0) is 10.6. The molecule has 2 unspecified atom stereocenters. The summed E-state index contributed by atoms with van der Waals surface area (Å²) in [5, 5.41) is 0. The summed E-state index contributed by atoms with van der Waals surface area (Å²) in [5.41, 5.74) is 0.00413. The van der Waals surface area contributed by atoms with Crippen LogP contribution in [0.4, 0.5) is 0 Å². The Morgan fingerprint density at radius 2 is 2.21 bits per heavy atom. The van der Waals surface area contributed by atoms with Gasteiger partial charge in [-0.1, -0.05) is 15.9 Å². The second kappa shape index (κ2) is 5.47. The Balaban J connectivity index is 2.29. The fraction of sp³-hybridized carbons (Fsp3) is 1.00. The van der Waals surface area contributed by atoms with Crippen molar-refractivity contribution in [1.82, 2.24) is 0 Å². The molecule has 0 N–H and O–H groups in total. The number of ether oxygens (including phenoxy) is 2. The monoisotopic (exact) mass is 264 g/mol. The molecule has 0 aromatic rings. The minimum Gasteiger partial charge on any atom is -0.381 e. The summed E-state index contributed by atoms with van der Waals surface area (Å²) in [4.78, 5) is 0.629. The zero-order valence-electron chi connectivity index (χ0n) is 9.38. The van der Waals surface area contributed by atoms with Gasteiger partial charge in [0.25, 0.3) is 0 Å². The van der Waals surface area contributed by atoms with Crippen LogP contribution >= 0.6 is 15.9 Å². The molecule has 0 bridgehead atoms. The number of methoxy groups -OCH3 is 1. The lowest BCUT2D eigenvalue weighted by atomic mass is 9.91. The quantitative estimate of drug-likeness (QED) is 0.727. The number of alkyl halides is 1. The molecule has 0 spiro atoms. The van der Waals surface area contributed by atoms with Crippen LogP contribution in [0, 0.1) is 5.92 Å². The molecule has 1 heterocycles. The van der Waals surface area contributed by atoms with E-state index in [2.05, 4.69) is 29.8 Å². The average molecular weight is 265 g/mol. The topological polar surface area (TPSA) is 18.5 Å². The van der Waals surface area contributed by atoms with Crippen molar-refractivity contribution in [3.63, 3.8) is 0 Å². The lowest BCUT2D eigenvalue weighted by Crippen LogP contribution is -2.31. The molecule has 2 nitrogen and oxygen atoms in total. The second-order valence-electron chi connectivity index (χ2n) is 4.64. The van der Waals surface area contributed by atoms with Gasteiger partial charge in [0, 0.05) is 18.5 Å². The van der Waals surface area contributed by atoms with Gasteiger partial charge in [0.1, 0.15) is 0 Å². The molecule has 3 heteroatoms. The van der Waals surface area contributed by atoms with Crippen LogP contribution in [-0.2, 0) is 9.47 Å². The Labute approximate surface area is 95.5 Å². The van der Waals surface area contributed by atoms with Gasteiger partial charge in [-0.15, -0.1) is 0 Å². The highest BCUT2D eigenvalue weighted by molar-refractivity contribution is 9.09.